The Morgan fingerprint density at radius 3 is 2.50 bits per heavy atom. The van der Waals surface area contributed by atoms with Crippen molar-refractivity contribution < 1.29 is 9.53 Å². The molecule has 0 spiro atoms. The molecule has 0 aromatic heterocycles. The van der Waals surface area contributed by atoms with Gasteiger partial charge >= 0.3 is 0 Å². The first kappa shape index (κ1) is 12.2. The number of benzene rings is 2. The lowest BCUT2D eigenvalue weighted by molar-refractivity contribution is 0.102. The standard InChI is InChI=1S/C15H15NO2/c1-11-8-12(10-14(9-11)18-2)15(17)16-13-6-4-3-5-7-13/h3-10H,1-2H3,(H,16,17). The van der Waals surface area contributed by atoms with E-state index in [-0.39, 0.29) is 5.91 Å². The number of methoxy groups -OCH3 is 1. The summed E-state index contributed by atoms with van der Waals surface area (Å²) in [5.41, 5.74) is 2.37. The van der Waals surface area contributed by atoms with Crippen LogP contribution in [0.1, 0.15) is 15.9 Å². The number of nitrogens with one attached hydrogen (secondary N) is 1. The number of aryl methyl sites for hydroxylation is 1. The number of rotatable bonds is 3. The van der Waals surface area contributed by atoms with E-state index >= 15 is 0 Å². The summed E-state index contributed by atoms with van der Waals surface area (Å²) < 4.78 is 5.16. The fourth-order valence-corrected chi connectivity index (χ4v) is 1.72. The van der Waals surface area contributed by atoms with Crippen molar-refractivity contribution in [2.75, 3.05) is 12.4 Å². The maximum absolute atomic E-state index is 12.1. The predicted octanol–water partition coefficient (Wildman–Crippen LogP) is 3.26. The third kappa shape index (κ3) is 2.88. The lowest BCUT2D eigenvalue weighted by Gasteiger charge is -2.08. The largest absolute Gasteiger partial charge is 0.497 e. The van der Waals surface area contributed by atoms with Gasteiger partial charge in [0.15, 0.2) is 0 Å². The highest BCUT2D eigenvalue weighted by atomic mass is 16.5. The highest BCUT2D eigenvalue weighted by Gasteiger charge is 2.08. The normalized spacial score (nSPS) is 9.89. The van der Waals surface area contributed by atoms with Crippen LogP contribution in [0.4, 0.5) is 5.69 Å². The molecule has 0 aliphatic carbocycles. The molecule has 3 nitrogen and oxygen atoms in total. The molecule has 0 fully saturated rings. The molecule has 1 N–H and O–H groups in total. The van der Waals surface area contributed by atoms with Gasteiger partial charge in [0.2, 0.25) is 0 Å². The smallest absolute Gasteiger partial charge is 0.255 e. The summed E-state index contributed by atoms with van der Waals surface area (Å²) in [7, 11) is 1.59. The molecule has 2 aromatic rings. The molecule has 2 rings (SSSR count). The SMILES string of the molecule is COc1cc(C)cc(C(=O)Nc2ccccc2)c1. The van der Waals surface area contributed by atoms with E-state index in [1.165, 1.54) is 0 Å². The molecule has 0 bridgehead atoms. The van der Waals surface area contributed by atoms with Crippen molar-refractivity contribution in [3.8, 4) is 5.75 Å². The lowest BCUT2D eigenvalue weighted by atomic mass is 10.1. The summed E-state index contributed by atoms with van der Waals surface area (Å²) in [5.74, 6) is 0.552. The van der Waals surface area contributed by atoms with Crippen LogP contribution in [-0.2, 0) is 0 Å². The Morgan fingerprint density at radius 2 is 1.83 bits per heavy atom. The quantitative estimate of drug-likeness (QED) is 0.895. The van der Waals surface area contributed by atoms with Crippen molar-refractivity contribution in [2.45, 2.75) is 6.92 Å². The predicted molar refractivity (Wildman–Crippen MR) is 72.1 cm³/mol. The van der Waals surface area contributed by atoms with Gasteiger partial charge in [0.25, 0.3) is 5.91 Å². The van der Waals surface area contributed by atoms with Gasteiger partial charge in [0.05, 0.1) is 7.11 Å². The maximum atomic E-state index is 12.1. The van der Waals surface area contributed by atoms with Crippen molar-refractivity contribution in [3.05, 3.63) is 59.7 Å². The van der Waals surface area contributed by atoms with E-state index in [1.807, 2.05) is 49.4 Å². The number of anilines is 1. The Morgan fingerprint density at radius 1 is 1.11 bits per heavy atom. The van der Waals surface area contributed by atoms with Crippen molar-refractivity contribution in [1.82, 2.24) is 0 Å². The molecule has 0 saturated carbocycles. The summed E-state index contributed by atoms with van der Waals surface area (Å²) in [4.78, 5) is 12.1. The van der Waals surface area contributed by atoms with Crippen molar-refractivity contribution in [2.24, 2.45) is 0 Å². The summed E-state index contributed by atoms with van der Waals surface area (Å²) >= 11 is 0. The van der Waals surface area contributed by atoms with Gasteiger partial charge in [-0.25, -0.2) is 0 Å². The Hall–Kier alpha value is -2.29. The summed E-state index contributed by atoms with van der Waals surface area (Å²) in [5, 5.41) is 2.84. The van der Waals surface area contributed by atoms with Crippen LogP contribution in [0.3, 0.4) is 0 Å². The molecule has 3 heteroatoms. The van der Waals surface area contributed by atoms with Gasteiger partial charge in [0, 0.05) is 11.3 Å². The van der Waals surface area contributed by atoms with Crippen molar-refractivity contribution in [1.29, 1.82) is 0 Å². The molecule has 0 unspecified atom stereocenters. The molecule has 0 saturated heterocycles. The molecular formula is C15H15NO2. The second-order valence-corrected chi connectivity index (χ2v) is 4.06. The first-order valence-corrected chi connectivity index (χ1v) is 5.71. The topological polar surface area (TPSA) is 38.3 Å². The Kier molecular flexibility index (Phi) is 3.63. The van der Waals surface area contributed by atoms with Crippen LogP contribution >= 0.6 is 0 Å². The van der Waals surface area contributed by atoms with Gasteiger partial charge < -0.3 is 10.1 Å². The number of para-hydroxylation sites is 1. The molecule has 0 aliphatic rings. The Balaban J connectivity index is 2.21. The number of carbonyl (C=O) groups excluding carboxylic acids is 1. The molecular weight excluding hydrogens is 226 g/mol. The number of amides is 1. The van der Waals surface area contributed by atoms with Gasteiger partial charge in [-0.1, -0.05) is 18.2 Å². The molecule has 92 valence electrons. The molecule has 0 aliphatic heterocycles. The number of carbonyl (C=O) groups is 1. The third-order valence-electron chi connectivity index (χ3n) is 2.58. The van der Waals surface area contributed by atoms with Crippen LogP contribution in [0.15, 0.2) is 48.5 Å². The van der Waals surface area contributed by atoms with Gasteiger partial charge in [-0.15, -0.1) is 0 Å². The van der Waals surface area contributed by atoms with E-state index < -0.39 is 0 Å². The maximum Gasteiger partial charge on any atom is 0.255 e. The molecule has 2 aromatic carbocycles. The number of ether oxygens (including phenoxy) is 1. The van der Waals surface area contributed by atoms with Crippen LogP contribution in [0.25, 0.3) is 0 Å². The van der Waals surface area contributed by atoms with Crippen LogP contribution in [0.5, 0.6) is 5.75 Å². The minimum atomic E-state index is -0.136. The average molecular weight is 241 g/mol. The molecule has 18 heavy (non-hydrogen) atoms. The summed E-state index contributed by atoms with van der Waals surface area (Å²) in [6, 6.07) is 14.8. The van der Waals surface area contributed by atoms with Crippen LogP contribution in [0.2, 0.25) is 0 Å². The molecule has 1 amide bonds. The third-order valence-corrected chi connectivity index (χ3v) is 2.58. The van der Waals surface area contributed by atoms with Gasteiger partial charge in [0.1, 0.15) is 5.75 Å². The van der Waals surface area contributed by atoms with E-state index in [0.717, 1.165) is 11.3 Å². The van der Waals surface area contributed by atoms with Crippen molar-refractivity contribution in [3.63, 3.8) is 0 Å². The fourth-order valence-electron chi connectivity index (χ4n) is 1.72. The van der Waals surface area contributed by atoms with Crippen LogP contribution in [-0.4, -0.2) is 13.0 Å². The second-order valence-electron chi connectivity index (χ2n) is 4.06. The zero-order chi connectivity index (χ0) is 13.0. The molecule has 0 heterocycles. The van der Waals surface area contributed by atoms with E-state index in [2.05, 4.69) is 5.32 Å². The fraction of sp³-hybridized carbons (Fsp3) is 0.133. The Bertz CT molecular complexity index is 550. The van der Waals surface area contributed by atoms with Crippen LogP contribution in [0, 0.1) is 6.92 Å². The minimum Gasteiger partial charge on any atom is -0.497 e. The zero-order valence-corrected chi connectivity index (χ0v) is 10.4. The highest BCUT2D eigenvalue weighted by Crippen LogP contribution is 2.17. The minimum absolute atomic E-state index is 0.136. The number of hydrogen-bond donors (Lipinski definition) is 1. The van der Waals surface area contributed by atoms with Gasteiger partial charge in [-0.05, 0) is 42.8 Å². The van der Waals surface area contributed by atoms with E-state index in [9.17, 15) is 4.79 Å². The van der Waals surface area contributed by atoms with Crippen molar-refractivity contribution >= 4 is 11.6 Å². The van der Waals surface area contributed by atoms with Gasteiger partial charge in [-0.2, -0.15) is 0 Å². The van der Waals surface area contributed by atoms with E-state index in [0.29, 0.717) is 11.3 Å². The average Bonchev–Trinajstić information content (AvgIpc) is 2.39. The van der Waals surface area contributed by atoms with E-state index in [1.54, 1.807) is 13.2 Å². The monoisotopic (exact) mass is 241 g/mol. The molecule has 0 radical (unpaired) electrons. The van der Waals surface area contributed by atoms with Gasteiger partial charge in [-0.3, -0.25) is 4.79 Å². The first-order valence-electron chi connectivity index (χ1n) is 5.71. The Labute approximate surface area is 106 Å². The first-order chi connectivity index (χ1) is 8.69. The summed E-state index contributed by atoms with van der Waals surface area (Å²) in [6.07, 6.45) is 0. The number of hydrogen-bond acceptors (Lipinski definition) is 2. The zero-order valence-electron chi connectivity index (χ0n) is 10.4. The highest BCUT2D eigenvalue weighted by molar-refractivity contribution is 6.04. The molecule has 0 atom stereocenters. The lowest BCUT2D eigenvalue weighted by Crippen LogP contribution is -2.12. The van der Waals surface area contributed by atoms with Crippen LogP contribution < -0.4 is 10.1 Å². The summed E-state index contributed by atoms with van der Waals surface area (Å²) in [6.45, 7) is 1.93. The van der Waals surface area contributed by atoms with E-state index in [4.69, 9.17) is 4.74 Å². The second kappa shape index (κ2) is 5.36.